The number of nitrogen functional groups attached to an aromatic ring is 1. The number of hydrogen-bond donors (Lipinski definition) is 3. The molecular formula is C14H18N4. The van der Waals surface area contributed by atoms with E-state index in [9.17, 15) is 0 Å². The van der Waals surface area contributed by atoms with Gasteiger partial charge in [-0.15, -0.1) is 0 Å². The SMILES string of the molecule is CN(C)c1ccc(NNc2ccc(N)cc2)cc1. The highest BCUT2D eigenvalue weighted by Crippen LogP contribution is 2.16. The van der Waals surface area contributed by atoms with Crippen LogP contribution in [-0.4, -0.2) is 14.1 Å². The molecule has 0 saturated heterocycles. The lowest BCUT2D eigenvalue weighted by atomic mass is 10.2. The van der Waals surface area contributed by atoms with E-state index in [2.05, 4.69) is 27.9 Å². The number of nitrogens with zero attached hydrogens (tertiary/aromatic N) is 1. The zero-order valence-corrected chi connectivity index (χ0v) is 10.6. The van der Waals surface area contributed by atoms with Crippen LogP contribution in [0.3, 0.4) is 0 Å². The first-order chi connectivity index (χ1) is 8.65. The summed E-state index contributed by atoms with van der Waals surface area (Å²) >= 11 is 0. The third-order valence-corrected chi connectivity index (χ3v) is 2.65. The van der Waals surface area contributed by atoms with Crippen molar-refractivity contribution in [1.82, 2.24) is 0 Å². The first kappa shape index (κ1) is 12.1. The summed E-state index contributed by atoms with van der Waals surface area (Å²) < 4.78 is 0. The molecule has 0 heterocycles. The fourth-order valence-corrected chi connectivity index (χ4v) is 1.55. The molecule has 2 aromatic rings. The fraction of sp³-hybridized carbons (Fsp3) is 0.143. The van der Waals surface area contributed by atoms with Crippen molar-refractivity contribution in [3.05, 3.63) is 48.5 Å². The zero-order chi connectivity index (χ0) is 13.0. The summed E-state index contributed by atoms with van der Waals surface area (Å²) in [6.45, 7) is 0. The Bertz CT molecular complexity index is 488. The molecule has 4 heteroatoms. The molecule has 0 bridgehead atoms. The lowest BCUT2D eigenvalue weighted by molar-refractivity contribution is 1.13. The molecule has 0 saturated carbocycles. The number of nitrogens with two attached hydrogens (primary N) is 1. The standard InChI is InChI=1S/C14H18N4/c1-18(2)14-9-7-13(8-10-14)17-16-12-5-3-11(15)4-6-12/h3-10,16-17H,15H2,1-2H3. The van der Waals surface area contributed by atoms with E-state index < -0.39 is 0 Å². The minimum Gasteiger partial charge on any atom is -0.399 e. The number of rotatable bonds is 4. The van der Waals surface area contributed by atoms with Crippen LogP contribution < -0.4 is 21.5 Å². The summed E-state index contributed by atoms with van der Waals surface area (Å²) in [5, 5.41) is 0. The molecule has 0 aliphatic carbocycles. The molecule has 0 atom stereocenters. The molecule has 2 rings (SSSR count). The maximum absolute atomic E-state index is 5.63. The molecule has 0 aliphatic rings. The Morgan fingerprint density at radius 3 is 1.67 bits per heavy atom. The maximum Gasteiger partial charge on any atom is 0.0541 e. The largest absolute Gasteiger partial charge is 0.399 e. The van der Waals surface area contributed by atoms with Crippen LogP contribution in [0.4, 0.5) is 22.7 Å². The third kappa shape index (κ3) is 3.07. The minimum atomic E-state index is 0.760. The molecule has 0 fully saturated rings. The van der Waals surface area contributed by atoms with Crippen LogP contribution in [0.5, 0.6) is 0 Å². The van der Waals surface area contributed by atoms with E-state index in [4.69, 9.17) is 5.73 Å². The van der Waals surface area contributed by atoms with E-state index in [1.807, 2.05) is 50.5 Å². The van der Waals surface area contributed by atoms with Crippen LogP contribution in [0.2, 0.25) is 0 Å². The molecule has 94 valence electrons. The van der Waals surface area contributed by atoms with Gasteiger partial charge in [-0.1, -0.05) is 0 Å². The number of anilines is 4. The van der Waals surface area contributed by atoms with Crippen molar-refractivity contribution in [2.75, 3.05) is 35.6 Å². The smallest absolute Gasteiger partial charge is 0.0541 e. The monoisotopic (exact) mass is 242 g/mol. The average molecular weight is 242 g/mol. The van der Waals surface area contributed by atoms with Crippen molar-refractivity contribution in [2.45, 2.75) is 0 Å². The Labute approximate surface area is 107 Å². The second-order valence-corrected chi connectivity index (χ2v) is 4.31. The summed E-state index contributed by atoms with van der Waals surface area (Å²) in [6.07, 6.45) is 0. The van der Waals surface area contributed by atoms with Crippen molar-refractivity contribution < 1.29 is 0 Å². The molecule has 4 N–H and O–H groups in total. The molecular weight excluding hydrogens is 224 g/mol. The van der Waals surface area contributed by atoms with Gasteiger partial charge in [0.1, 0.15) is 0 Å². The van der Waals surface area contributed by atoms with Crippen LogP contribution in [0.15, 0.2) is 48.5 Å². The van der Waals surface area contributed by atoms with Crippen LogP contribution in [-0.2, 0) is 0 Å². The quantitative estimate of drug-likeness (QED) is 0.570. The van der Waals surface area contributed by atoms with E-state index in [0.717, 1.165) is 17.1 Å². The van der Waals surface area contributed by atoms with Gasteiger partial charge in [-0.05, 0) is 48.5 Å². The van der Waals surface area contributed by atoms with Gasteiger partial charge in [0.15, 0.2) is 0 Å². The van der Waals surface area contributed by atoms with Gasteiger partial charge in [-0.2, -0.15) is 0 Å². The second-order valence-electron chi connectivity index (χ2n) is 4.31. The highest BCUT2D eigenvalue weighted by molar-refractivity contribution is 5.58. The van der Waals surface area contributed by atoms with Crippen molar-refractivity contribution >= 4 is 22.7 Å². The molecule has 0 aliphatic heterocycles. The first-order valence-corrected chi connectivity index (χ1v) is 5.80. The van der Waals surface area contributed by atoms with Crippen LogP contribution in [0, 0.1) is 0 Å². The normalized spacial score (nSPS) is 9.89. The van der Waals surface area contributed by atoms with E-state index in [-0.39, 0.29) is 0 Å². The first-order valence-electron chi connectivity index (χ1n) is 5.80. The summed E-state index contributed by atoms with van der Waals surface area (Å²) in [6, 6.07) is 15.8. The number of nitrogens with one attached hydrogen (secondary N) is 2. The third-order valence-electron chi connectivity index (χ3n) is 2.65. The summed E-state index contributed by atoms with van der Waals surface area (Å²) in [4.78, 5) is 2.07. The highest BCUT2D eigenvalue weighted by atomic mass is 15.4. The second kappa shape index (κ2) is 5.31. The summed E-state index contributed by atoms with van der Waals surface area (Å²) in [5.41, 5.74) is 15.8. The summed E-state index contributed by atoms with van der Waals surface area (Å²) in [5.74, 6) is 0. The van der Waals surface area contributed by atoms with Gasteiger partial charge in [-0.25, -0.2) is 0 Å². The average Bonchev–Trinajstić information content (AvgIpc) is 2.38. The lowest BCUT2D eigenvalue weighted by Gasteiger charge is -2.14. The Morgan fingerprint density at radius 1 is 0.778 bits per heavy atom. The van der Waals surface area contributed by atoms with Gasteiger partial charge in [0, 0.05) is 25.5 Å². The number of hydrogen-bond acceptors (Lipinski definition) is 4. The fourth-order valence-electron chi connectivity index (χ4n) is 1.55. The molecule has 2 aromatic carbocycles. The van der Waals surface area contributed by atoms with Crippen molar-refractivity contribution in [1.29, 1.82) is 0 Å². The van der Waals surface area contributed by atoms with E-state index in [0.29, 0.717) is 0 Å². The Balaban J connectivity index is 1.95. The van der Waals surface area contributed by atoms with Crippen LogP contribution >= 0.6 is 0 Å². The zero-order valence-electron chi connectivity index (χ0n) is 10.6. The van der Waals surface area contributed by atoms with Crippen molar-refractivity contribution in [2.24, 2.45) is 0 Å². The van der Waals surface area contributed by atoms with Crippen LogP contribution in [0.1, 0.15) is 0 Å². The number of hydrazine groups is 1. The molecule has 0 aromatic heterocycles. The maximum atomic E-state index is 5.63. The summed E-state index contributed by atoms with van der Waals surface area (Å²) in [7, 11) is 4.05. The lowest BCUT2D eigenvalue weighted by Crippen LogP contribution is -2.10. The molecule has 18 heavy (non-hydrogen) atoms. The van der Waals surface area contributed by atoms with Gasteiger partial charge < -0.3 is 21.5 Å². The Morgan fingerprint density at radius 2 is 1.22 bits per heavy atom. The molecule has 0 spiro atoms. The Kier molecular flexibility index (Phi) is 3.57. The topological polar surface area (TPSA) is 53.3 Å². The molecule has 0 amide bonds. The van der Waals surface area contributed by atoms with Gasteiger partial charge in [0.05, 0.1) is 11.4 Å². The minimum absolute atomic E-state index is 0.760. The van der Waals surface area contributed by atoms with Crippen molar-refractivity contribution in [3.8, 4) is 0 Å². The Hall–Kier alpha value is -2.36. The highest BCUT2D eigenvalue weighted by Gasteiger charge is 1.96. The van der Waals surface area contributed by atoms with Gasteiger partial charge in [0.25, 0.3) is 0 Å². The molecule has 0 radical (unpaired) electrons. The van der Waals surface area contributed by atoms with Crippen molar-refractivity contribution in [3.63, 3.8) is 0 Å². The predicted molar refractivity (Wildman–Crippen MR) is 78.9 cm³/mol. The van der Waals surface area contributed by atoms with Gasteiger partial charge in [0.2, 0.25) is 0 Å². The van der Waals surface area contributed by atoms with Crippen LogP contribution in [0.25, 0.3) is 0 Å². The van der Waals surface area contributed by atoms with E-state index in [1.54, 1.807) is 0 Å². The number of benzene rings is 2. The molecule has 4 nitrogen and oxygen atoms in total. The van der Waals surface area contributed by atoms with E-state index >= 15 is 0 Å². The van der Waals surface area contributed by atoms with Gasteiger partial charge >= 0.3 is 0 Å². The molecule has 0 unspecified atom stereocenters. The van der Waals surface area contributed by atoms with E-state index in [1.165, 1.54) is 5.69 Å². The van der Waals surface area contributed by atoms with Gasteiger partial charge in [-0.3, -0.25) is 0 Å². The predicted octanol–water partition coefficient (Wildman–Crippen LogP) is 2.77.